The number of hydrogen-bond acceptors (Lipinski definition) is 4. The van der Waals surface area contributed by atoms with Crippen molar-refractivity contribution < 1.29 is 14.3 Å². The summed E-state index contributed by atoms with van der Waals surface area (Å²) in [5.41, 5.74) is 0.277. The number of rotatable bonds is 7. The Hall–Kier alpha value is -1.68. The normalized spacial score (nSPS) is 16.1. The number of piperidine rings is 1. The highest BCUT2D eigenvalue weighted by Crippen LogP contribution is 2.29. The molecule has 1 N–H and O–H groups in total. The van der Waals surface area contributed by atoms with Crippen molar-refractivity contribution in [2.24, 2.45) is 5.92 Å². The van der Waals surface area contributed by atoms with Crippen molar-refractivity contribution in [3.8, 4) is 0 Å². The quantitative estimate of drug-likeness (QED) is 0.619. The van der Waals surface area contributed by atoms with Crippen LogP contribution in [0.1, 0.15) is 56.3 Å². The highest BCUT2D eigenvalue weighted by molar-refractivity contribution is 5.96. The first-order chi connectivity index (χ1) is 11.0. The monoisotopic (exact) mass is 317 g/mol. The molecule has 0 atom stereocenters. The van der Waals surface area contributed by atoms with Crippen molar-refractivity contribution in [2.75, 3.05) is 13.1 Å². The largest absolute Gasteiger partial charge is 0.459 e. The minimum atomic E-state index is -0.428. The van der Waals surface area contributed by atoms with Crippen LogP contribution < -0.4 is 5.32 Å². The molecule has 1 aromatic rings. The van der Waals surface area contributed by atoms with Crippen LogP contribution in [0.25, 0.3) is 0 Å². The van der Waals surface area contributed by atoms with Gasteiger partial charge in [-0.15, -0.1) is 0 Å². The minimum Gasteiger partial charge on any atom is -0.459 e. The highest BCUT2D eigenvalue weighted by Gasteiger charge is 2.33. The predicted octanol–water partition coefficient (Wildman–Crippen LogP) is 3.36. The summed E-state index contributed by atoms with van der Waals surface area (Å²) in [6, 6.07) is 9.20. The van der Waals surface area contributed by atoms with Crippen molar-refractivity contribution in [2.45, 2.75) is 51.6 Å². The molecule has 0 radical (unpaired) electrons. The SMILES string of the molecule is CC(C)(OC(=O)CCCC(=O)c1ccccc1)C1CCNCC1. The molecular formula is C19H27NO3. The van der Waals surface area contributed by atoms with E-state index in [1.165, 1.54) is 0 Å². The number of Topliss-reactive ketones (excluding diaryl/α,β-unsaturated/α-hetero) is 1. The Balaban J connectivity index is 1.73. The molecule has 4 heteroatoms. The summed E-state index contributed by atoms with van der Waals surface area (Å²) in [5, 5.41) is 3.32. The third-order valence-electron chi connectivity index (χ3n) is 4.58. The van der Waals surface area contributed by atoms with E-state index in [1.54, 1.807) is 12.1 Å². The van der Waals surface area contributed by atoms with E-state index in [4.69, 9.17) is 4.74 Å². The number of ketones is 1. The van der Waals surface area contributed by atoms with Crippen LogP contribution in [0, 0.1) is 5.92 Å². The number of esters is 1. The Morgan fingerprint density at radius 2 is 1.78 bits per heavy atom. The second kappa shape index (κ2) is 8.25. The summed E-state index contributed by atoms with van der Waals surface area (Å²) in [4.78, 5) is 24.1. The van der Waals surface area contributed by atoms with Gasteiger partial charge in [-0.2, -0.15) is 0 Å². The summed E-state index contributed by atoms with van der Waals surface area (Å²) in [5.74, 6) is 0.282. The maximum Gasteiger partial charge on any atom is 0.306 e. The molecule has 0 spiro atoms. The minimum absolute atomic E-state index is 0.0796. The Morgan fingerprint density at radius 3 is 2.43 bits per heavy atom. The van der Waals surface area contributed by atoms with Gasteiger partial charge in [-0.25, -0.2) is 0 Å². The molecule has 1 fully saturated rings. The molecule has 1 aromatic carbocycles. The Labute approximate surface area is 138 Å². The number of carbonyl (C=O) groups is 2. The highest BCUT2D eigenvalue weighted by atomic mass is 16.6. The van der Waals surface area contributed by atoms with Crippen LogP contribution in [0.2, 0.25) is 0 Å². The van der Waals surface area contributed by atoms with E-state index in [-0.39, 0.29) is 11.8 Å². The van der Waals surface area contributed by atoms with Crippen molar-refractivity contribution >= 4 is 11.8 Å². The van der Waals surface area contributed by atoms with Gasteiger partial charge in [-0.05, 0) is 46.2 Å². The molecule has 0 aliphatic carbocycles. The lowest BCUT2D eigenvalue weighted by atomic mass is 9.83. The van der Waals surface area contributed by atoms with Crippen LogP contribution in [0.3, 0.4) is 0 Å². The Kier molecular flexibility index (Phi) is 6.34. The van der Waals surface area contributed by atoms with E-state index in [9.17, 15) is 9.59 Å². The molecule has 0 saturated carbocycles. The molecule has 1 saturated heterocycles. The first kappa shape index (κ1) is 17.7. The lowest BCUT2D eigenvalue weighted by Gasteiger charge is -2.36. The molecular weight excluding hydrogens is 290 g/mol. The van der Waals surface area contributed by atoms with Gasteiger partial charge < -0.3 is 10.1 Å². The molecule has 1 aliphatic heterocycles. The second-order valence-electron chi connectivity index (χ2n) is 6.74. The number of ether oxygens (including phenoxy) is 1. The number of hydrogen-bond donors (Lipinski definition) is 1. The first-order valence-electron chi connectivity index (χ1n) is 8.50. The summed E-state index contributed by atoms with van der Waals surface area (Å²) in [6.07, 6.45) is 3.29. The first-order valence-corrected chi connectivity index (χ1v) is 8.50. The van der Waals surface area contributed by atoms with Crippen LogP contribution in [0.15, 0.2) is 30.3 Å². The lowest BCUT2D eigenvalue weighted by Crippen LogP contribution is -2.42. The fourth-order valence-electron chi connectivity index (χ4n) is 3.11. The standard InChI is InChI=1S/C19H27NO3/c1-19(2,16-11-13-20-14-12-16)23-18(22)10-6-9-17(21)15-7-4-3-5-8-15/h3-5,7-8,16,20H,6,9-14H2,1-2H3. The van der Waals surface area contributed by atoms with Gasteiger partial charge in [0.2, 0.25) is 0 Å². The molecule has 2 rings (SSSR count). The zero-order chi connectivity index (χ0) is 16.7. The zero-order valence-corrected chi connectivity index (χ0v) is 14.1. The van der Waals surface area contributed by atoms with Crippen molar-refractivity contribution in [1.29, 1.82) is 0 Å². The summed E-state index contributed by atoms with van der Waals surface area (Å²) in [6.45, 7) is 5.96. The van der Waals surface area contributed by atoms with E-state index in [2.05, 4.69) is 5.32 Å². The molecule has 126 valence electrons. The van der Waals surface area contributed by atoms with Gasteiger partial charge in [0.05, 0.1) is 0 Å². The summed E-state index contributed by atoms with van der Waals surface area (Å²) >= 11 is 0. The average molecular weight is 317 g/mol. The van der Waals surface area contributed by atoms with Crippen molar-refractivity contribution in [1.82, 2.24) is 5.32 Å². The van der Waals surface area contributed by atoms with Gasteiger partial charge in [0.15, 0.2) is 5.78 Å². The number of carbonyl (C=O) groups excluding carboxylic acids is 2. The van der Waals surface area contributed by atoms with Crippen LogP contribution in [-0.4, -0.2) is 30.4 Å². The second-order valence-corrected chi connectivity index (χ2v) is 6.74. The Bertz CT molecular complexity index is 519. The molecule has 0 aromatic heterocycles. The maximum atomic E-state index is 12.1. The summed E-state index contributed by atoms with van der Waals surface area (Å²) in [7, 11) is 0. The molecule has 23 heavy (non-hydrogen) atoms. The van der Waals surface area contributed by atoms with Crippen LogP contribution in [0.5, 0.6) is 0 Å². The van der Waals surface area contributed by atoms with Crippen LogP contribution >= 0.6 is 0 Å². The van der Waals surface area contributed by atoms with E-state index in [1.807, 2.05) is 32.0 Å². The Morgan fingerprint density at radius 1 is 1.13 bits per heavy atom. The third kappa shape index (κ3) is 5.47. The zero-order valence-electron chi connectivity index (χ0n) is 14.1. The predicted molar refractivity (Wildman–Crippen MR) is 90.4 cm³/mol. The molecule has 1 aliphatic rings. The fourth-order valence-corrected chi connectivity index (χ4v) is 3.11. The number of nitrogens with one attached hydrogen (secondary N) is 1. The molecule has 0 amide bonds. The summed E-state index contributed by atoms with van der Waals surface area (Å²) < 4.78 is 5.69. The van der Waals surface area contributed by atoms with E-state index in [0.717, 1.165) is 25.9 Å². The van der Waals surface area contributed by atoms with Crippen molar-refractivity contribution in [3.05, 3.63) is 35.9 Å². The van der Waals surface area contributed by atoms with Gasteiger partial charge in [0, 0.05) is 24.3 Å². The third-order valence-corrected chi connectivity index (χ3v) is 4.58. The number of benzene rings is 1. The van der Waals surface area contributed by atoms with Gasteiger partial charge in [0.25, 0.3) is 0 Å². The van der Waals surface area contributed by atoms with Gasteiger partial charge in [-0.3, -0.25) is 9.59 Å². The van der Waals surface area contributed by atoms with Crippen LogP contribution in [0.4, 0.5) is 0 Å². The maximum absolute atomic E-state index is 12.1. The molecule has 1 heterocycles. The molecule has 0 bridgehead atoms. The smallest absolute Gasteiger partial charge is 0.306 e. The molecule has 4 nitrogen and oxygen atoms in total. The fraction of sp³-hybridized carbons (Fsp3) is 0.579. The topological polar surface area (TPSA) is 55.4 Å². The van der Waals surface area contributed by atoms with Gasteiger partial charge >= 0.3 is 5.97 Å². The van der Waals surface area contributed by atoms with E-state index < -0.39 is 5.60 Å². The van der Waals surface area contributed by atoms with Crippen molar-refractivity contribution in [3.63, 3.8) is 0 Å². The van der Waals surface area contributed by atoms with Gasteiger partial charge in [0.1, 0.15) is 5.60 Å². The van der Waals surface area contributed by atoms with E-state index in [0.29, 0.717) is 30.7 Å². The molecule has 0 unspecified atom stereocenters. The van der Waals surface area contributed by atoms with Gasteiger partial charge in [-0.1, -0.05) is 30.3 Å². The lowest BCUT2D eigenvalue weighted by molar-refractivity contribution is -0.162. The van der Waals surface area contributed by atoms with E-state index >= 15 is 0 Å². The average Bonchev–Trinajstić information content (AvgIpc) is 2.56. The van der Waals surface area contributed by atoms with Crippen LogP contribution in [-0.2, 0) is 9.53 Å².